The minimum atomic E-state index is -4.46. The lowest BCUT2D eigenvalue weighted by Gasteiger charge is -2.34. The molecule has 12 heteroatoms. The summed E-state index contributed by atoms with van der Waals surface area (Å²) < 4.78 is 66.1. The number of hydrogen-bond donors (Lipinski definition) is 3. The summed E-state index contributed by atoms with van der Waals surface area (Å²) in [7, 11) is -3.72. The van der Waals surface area contributed by atoms with Crippen molar-refractivity contribution in [3.63, 3.8) is 0 Å². The first-order chi connectivity index (χ1) is 17.0. The number of anilines is 2. The van der Waals surface area contributed by atoms with Crippen LogP contribution < -0.4 is 10.6 Å². The van der Waals surface area contributed by atoms with Gasteiger partial charge in [0.15, 0.2) is 0 Å². The number of aliphatic hydroxyl groups excluding tert-OH is 1. The molecule has 0 radical (unpaired) electrons. The van der Waals surface area contributed by atoms with Crippen LogP contribution in [0.3, 0.4) is 0 Å². The molecule has 8 nitrogen and oxygen atoms in total. The number of likely N-dealkylation sites (tertiary alicyclic amines) is 1. The van der Waals surface area contributed by atoms with Crippen LogP contribution in [0.15, 0.2) is 53.4 Å². The number of piperidine rings is 1. The molecule has 0 aliphatic carbocycles. The summed E-state index contributed by atoms with van der Waals surface area (Å²) in [6.45, 7) is 2.58. The van der Waals surface area contributed by atoms with Crippen molar-refractivity contribution in [3.8, 4) is 0 Å². The van der Waals surface area contributed by atoms with E-state index in [-0.39, 0.29) is 22.7 Å². The van der Waals surface area contributed by atoms with Gasteiger partial charge in [-0.15, -0.1) is 0 Å². The van der Waals surface area contributed by atoms with E-state index in [0.717, 1.165) is 50.2 Å². The maximum Gasteiger partial charge on any atom is 0.416 e. The van der Waals surface area contributed by atoms with Gasteiger partial charge < -0.3 is 20.6 Å². The molecule has 36 heavy (non-hydrogen) atoms. The van der Waals surface area contributed by atoms with Crippen LogP contribution in [-0.4, -0.2) is 67.1 Å². The Kier molecular flexibility index (Phi) is 7.88. The van der Waals surface area contributed by atoms with Gasteiger partial charge in [0.25, 0.3) is 0 Å². The van der Waals surface area contributed by atoms with Gasteiger partial charge in [0.2, 0.25) is 10.0 Å². The summed E-state index contributed by atoms with van der Waals surface area (Å²) in [6, 6.07) is 9.03. The highest BCUT2D eigenvalue weighted by molar-refractivity contribution is 7.89. The number of urea groups is 1. The van der Waals surface area contributed by atoms with Gasteiger partial charge in [-0.25, -0.2) is 13.2 Å². The number of carbonyl (C=O) groups excluding carboxylic acids is 1. The van der Waals surface area contributed by atoms with Crippen molar-refractivity contribution in [1.29, 1.82) is 0 Å². The lowest BCUT2D eigenvalue weighted by Crippen LogP contribution is -2.46. The van der Waals surface area contributed by atoms with E-state index >= 15 is 0 Å². The second-order valence-corrected chi connectivity index (χ2v) is 11.0. The third kappa shape index (κ3) is 6.36. The summed E-state index contributed by atoms with van der Waals surface area (Å²) in [5.74, 6) is 0. The van der Waals surface area contributed by atoms with Crippen molar-refractivity contribution < 1.29 is 31.5 Å². The molecule has 0 saturated carbocycles. The Bertz CT molecular complexity index is 1150. The molecule has 2 saturated heterocycles. The summed E-state index contributed by atoms with van der Waals surface area (Å²) >= 11 is 0. The zero-order chi connectivity index (χ0) is 25.9. The lowest BCUT2D eigenvalue weighted by molar-refractivity contribution is -0.137. The van der Waals surface area contributed by atoms with Crippen molar-refractivity contribution in [1.82, 2.24) is 9.21 Å². The fourth-order valence-corrected chi connectivity index (χ4v) is 6.27. The summed E-state index contributed by atoms with van der Waals surface area (Å²) in [5, 5.41) is 14.7. The predicted molar refractivity (Wildman–Crippen MR) is 129 cm³/mol. The second kappa shape index (κ2) is 10.8. The van der Waals surface area contributed by atoms with Gasteiger partial charge >= 0.3 is 12.2 Å². The maximum absolute atomic E-state index is 13.3. The summed E-state index contributed by atoms with van der Waals surface area (Å²) in [4.78, 5) is 14.5. The Balaban J connectivity index is 1.35. The zero-order valence-electron chi connectivity index (χ0n) is 19.5. The Morgan fingerprint density at radius 2 is 1.47 bits per heavy atom. The van der Waals surface area contributed by atoms with Gasteiger partial charge in [-0.1, -0.05) is 0 Å². The number of alkyl halides is 3. The molecule has 3 N–H and O–H groups in total. The van der Waals surface area contributed by atoms with E-state index in [1.807, 2.05) is 0 Å². The van der Waals surface area contributed by atoms with E-state index in [1.165, 1.54) is 28.6 Å². The van der Waals surface area contributed by atoms with Crippen molar-refractivity contribution in [2.45, 2.75) is 48.9 Å². The van der Waals surface area contributed by atoms with E-state index < -0.39 is 27.8 Å². The first kappa shape index (κ1) is 26.4. The van der Waals surface area contributed by atoms with Gasteiger partial charge in [0.05, 0.1) is 16.6 Å². The first-order valence-corrected chi connectivity index (χ1v) is 13.2. The van der Waals surface area contributed by atoms with E-state index in [9.17, 15) is 31.5 Å². The molecule has 2 fully saturated rings. The van der Waals surface area contributed by atoms with Crippen LogP contribution in [-0.2, 0) is 16.2 Å². The molecular formula is C24H29F3N4O4S. The molecule has 2 aliphatic heterocycles. The first-order valence-electron chi connectivity index (χ1n) is 11.8. The Morgan fingerprint density at radius 1 is 0.917 bits per heavy atom. The van der Waals surface area contributed by atoms with Crippen molar-refractivity contribution >= 4 is 27.4 Å². The molecule has 2 aromatic carbocycles. The Morgan fingerprint density at radius 3 is 2.03 bits per heavy atom. The van der Waals surface area contributed by atoms with Crippen molar-refractivity contribution in [3.05, 3.63) is 54.1 Å². The highest BCUT2D eigenvalue weighted by Gasteiger charge is 2.36. The number of nitrogens with one attached hydrogen (secondary N) is 2. The number of rotatable bonds is 6. The lowest BCUT2D eigenvalue weighted by atomic mass is 10.1. The van der Waals surface area contributed by atoms with Crippen LogP contribution in [0.1, 0.15) is 31.2 Å². The van der Waals surface area contributed by atoms with E-state index in [2.05, 4.69) is 15.5 Å². The van der Waals surface area contributed by atoms with Crippen LogP contribution in [0.2, 0.25) is 0 Å². The van der Waals surface area contributed by atoms with Gasteiger partial charge in [0, 0.05) is 43.6 Å². The SMILES string of the molecule is O=C(Nc1ccc(C(F)(F)F)cc1)Nc1ccc(S(=O)(=O)N2CCCC2CN2CCC(O)CC2)cc1. The minimum absolute atomic E-state index is 0.122. The third-order valence-corrected chi connectivity index (χ3v) is 8.50. The Labute approximate surface area is 208 Å². The molecule has 1 unspecified atom stereocenters. The number of halogens is 3. The molecule has 0 aromatic heterocycles. The number of hydrogen-bond acceptors (Lipinski definition) is 5. The largest absolute Gasteiger partial charge is 0.416 e. The third-order valence-electron chi connectivity index (χ3n) is 6.54. The van der Waals surface area contributed by atoms with Crippen LogP contribution in [0.25, 0.3) is 0 Å². The van der Waals surface area contributed by atoms with Crippen LogP contribution >= 0.6 is 0 Å². The molecular weight excluding hydrogens is 497 g/mol. The minimum Gasteiger partial charge on any atom is -0.393 e. The van der Waals surface area contributed by atoms with E-state index in [0.29, 0.717) is 31.6 Å². The van der Waals surface area contributed by atoms with Crippen LogP contribution in [0.5, 0.6) is 0 Å². The van der Waals surface area contributed by atoms with E-state index in [4.69, 9.17) is 0 Å². The van der Waals surface area contributed by atoms with Gasteiger partial charge in [0.1, 0.15) is 0 Å². The highest BCUT2D eigenvalue weighted by atomic mass is 32.2. The smallest absolute Gasteiger partial charge is 0.393 e. The van der Waals surface area contributed by atoms with Crippen LogP contribution in [0, 0.1) is 0 Å². The zero-order valence-corrected chi connectivity index (χ0v) is 20.4. The quantitative estimate of drug-likeness (QED) is 0.529. The fraction of sp³-hybridized carbons (Fsp3) is 0.458. The van der Waals surface area contributed by atoms with Gasteiger partial charge in [-0.3, -0.25) is 0 Å². The normalized spacial score (nSPS) is 20.4. The fourth-order valence-electron chi connectivity index (χ4n) is 4.59. The average molecular weight is 527 g/mol. The monoisotopic (exact) mass is 526 g/mol. The number of carbonyl (C=O) groups is 1. The second-order valence-electron chi connectivity index (χ2n) is 9.12. The van der Waals surface area contributed by atoms with Crippen LogP contribution in [0.4, 0.5) is 29.3 Å². The van der Waals surface area contributed by atoms with Crippen molar-refractivity contribution in [2.75, 3.05) is 36.8 Å². The van der Waals surface area contributed by atoms with Gasteiger partial charge in [-0.05, 0) is 74.2 Å². The molecule has 1 atom stereocenters. The molecule has 2 aliphatic rings. The molecule has 4 rings (SSSR count). The van der Waals surface area contributed by atoms with Crippen molar-refractivity contribution in [2.24, 2.45) is 0 Å². The maximum atomic E-state index is 13.3. The topological polar surface area (TPSA) is 102 Å². The number of aliphatic hydroxyl groups is 1. The number of amides is 2. The number of sulfonamides is 1. The number of benzene rings is 2. The predicted octanol–water partition coefficient (Wildman–Crippen LogP) is 3.96. The summed E-state index contributed by atoms with van der Waals surface area (Å²) in [6.07, 6.45) is -1.80. The van der Waals surface area contributed by atoms with Gasteiger partial charge in [-0.2, -0.15) is 17.5 Å². The number of nitrogens with zero attached hydrogens (tertiary/aromatic N) is 2. The highest BCUT2D eigenvalue weighted by Crippen LogP contribution is 2.30. The van der Waals surface area contributed by atoms with E-state index in [1.54, 1.807) is 0 Å². The molecule has 0 bridgehead atoms. The Hall–Kier alpha value is -2.67. The molecule has 2 amide bonds. The standard InChI is InChI=1S/C24H29F3N4O4S/c25-24(26,27)17-3-5-18(6-4-17)28-23(33)29-19-7-9-22(10-8-19)36(34,35)31-13-1-2-20(31)16-30-14-11-21(32)12-15-30/h3-10,20-21,32H,1-2,11-16H2,(H2,28,29,33). The molecule has 196 valence electrons. The molecule has 0 spiro atoms. The molecule has 2 aromatic rings. The molecule has 2 heterocycles. The average Bonchev–Trinajstić information content (AvgIpc) is 3.30. The summed E-state index contributed by atoms with van der Waals surface area (Å²) in [5.41, 5.74) is -0.300.